The summed E-state index contributed by atoms with van der Waals surface area (Å²) in [6.07, 6.45) is 1.03. The van der Waals surface area contributed by atoms with Crippen LogP contribution >= 0.6 is 34.8 Å². The fourth-order valence-corrected chi connectivity index (χ4v) is 3.06. The van der Waals surface area contributed by atoms with Crippen LogP contribution in [0.4, 0.5) is 0 Å². The van der Waals surface area contributed by atoms with E-state index in [-0.39, 0.29) is 6.04 Å². The summed E-state index contributed by atoms with van der Waals surface area (Å²) in [6.45, 7) is 5.02. The lowest BCUT2D eigenvalue weighted by molar-refractivity contribution is 0.598. The quantitative estimate of drug-likeness (QED) is 0.698. The average Bonchev–Trinajstić information content (AvgIpc) is 2.45. The van der Waals surface area contributed by atoms with Gasteiger partial charge in [-0.3, -0.25) is 0 Å². The van der Waals surface area contributed by atoms with Crippen LogP contribution in [0.5, 0.6) is 0 Å². The second kappa shape index (κ2) is 7.51. The van der Waals surface area contributed by atoms with E-state index >= 15 is 0 Å². The number of hydrogen-bond donors (Lipinski definition) is 1. The number of nitrogens with one attached hydrogen (secondary N) is 1. The molecule has 2 aromatic carbocycles. The number of aryl methyl sites for hydroxylation is 1. The van der Waals surface area contributed by atoms with Crippen molar-refractivity contribution in [1.29, 1.82) is 0 Å². The van der Waals surface area contributed by atoms with Gasteiger partial charge in [0.15, 0.2) is 0 Å². The first-order valence-electron chi connectivity index (χ1n) is 6.98. The third-order valence-electron chi connectivity index (χ3n) is 3.40. The molecule has 0 saturated heterocycles. The van der Waals surface area contributed by atoms with Crippen molar-refractivity contribution in [1.82, 2.24) is 5.32 Å². The molecule has 0 spiro atoms. The Labute approximate surface area is 141 Å². The lowest BCUT2D eigenvalue weighted by Crippen LogP contribution is -2.24. The number of hydrogen-bond acceptors (Lipinski definition) is 1. The predicted octanol–water partition coefficient (Wildman–Crippen LogP) is 6.04. The molecule has 0 saturated carbocycles. The first-order chi connectivity index (χ1) is 10.0. The van der Waals surface area contributed by atoms with Crippen LogP contribution in [-0.2, 0) is 0 Å². The number of rotatable bonds is 5. The first-order valence-corrected chi connectivity index (χ1v) is 8.11. The van der Waals surface area contributed by atoms with Gasteiger partial charge < -0.3 is 5.32 Å². The Morgan fingerprint density at radius 1 is 1.05 bits per heavy atom. The van der Waals surface area contributed by atoms with Gasteiger partial charge in [0.05, 0.1) is 6.04 Å². The fraction of sp³-hybridized carbons (Fsp3) is 0.294. The average molecular weight is 343 g/mol. The van der Waals surface area contributed by atoms with Crippen LogP contribution in [0.3, 0.4) is 0 Å². The van der Waals surface area contributed by atoms with E-state index in [1.54, 1.807) is 6.07 Å². The molecule has 2 aromatic rings. The van der Waals surface area contributed by atoms with Crippen molar-refractivity contribution in [2.75, 3.05) is 6.54 Å². The maximum atomic E-state index is 6.49. The summed E-state index contributed by atoms with van der Waals surface area (Å²) >= 11 is 18.9. The van der Waals surface area contributed by atoms with E-state index in [9.17, 15) is 0 Å². The van der Waals surface area contributed by atoms with Crippen molar-refractivity contribution >= 4 is 34.8 Å². The molecule has 1 atom stereocenters. The summed E-state index contributed by atoms with van der Waals surface area (Å²) in [5.41, 5.74) is 3.08. The van der Waals surface area contributed by atoms with Crippen LogP contribution in [0.2, 0.25) is 15.1 Å². The molecule has 0 aliphatic rings. The van der Waals surface area contributed by atoms with E-state index in [4.69, 9.17) is 34.8 Å². The van der Waals surface area contributed by atoms with Crippen molar-refractivity contribution in [3.05, 3.63) is 68.2 Å². The lowest BCUT2D eigenvalue weighted by atomic mass is 9.97. The predicted molar refractivity (Wildman–Crippen MR) is 92.8 cm³/mol. The molecule has 0 heterocycles. The van der Waals surface area contributed by atoms with Crippen molar-refractivity contribution in [2.45, 2.75) is 26.3 Å². The lowest BCUT2D eigenvalue weighted by Gasteiger charge is -2.22. The van der Waals surface area contributed by atoms with E-state index in [0.29, 0.717) is 10.0 Å². The zero-order valence-electron chi connectivity index (χ0n) is 12.1. The van der Waals surface area contributed by atoms with Gasteiger partial charge in [0, 0.05) is 15.1 Å². The Bertz CT molecular complexity index is 625. The Kier molecular flexibility index (Phi) is 5.95. The van der Waals surface area contributed by atoms with Crippen LogP contribution in [0.1, 0.15) is 36.1 Å². The molecular formula is C17H18Cl3N. The maximum absolute atomic E-state index is 6.49. The normalized spacial score (nSPS) is 12.4. The largest absolute Gasteiger partial charge is 0.306 e. The van der Waals surface area contributed by atoms with Crippen LogP contribution < -0.4 is 5.32 Å². The molecular weight excluding hydrogens is 325 g/mol. The molecule has 4 heteroatoms. The molecule has 1 N–H and O–H groups in total. The summed E-state index contributed by atoms with van der Waals surface area (Å²) < 4.78 is 0. The zero-order valence-corrected chi connectivity index (χ0v) is 14.4. The van der Waals surface area contributed by atoms with Gasteiger partial charge in [0.2, 0.25) is 0 Å². The van der Waals surface area contributed by atoms with Crippen LogP contribution in [-0.4, -0.2) is 6.54 Å². The maximum Gasteiger partial charge on any atom is 0.0606 e. The highest BCUT2D eigenvalue weighted by Gasteiger charge is 2.19. The molecule has 1 unspecified atom stereocenters. The van der Waals surface area contributed by atoms with Crippen LogP contribution in [0, 0.1) is 6.92 Å². The highest BCUT2D eigenvalue weighted by Crippen LogP contribution is 2.34. The minimum absolute atomic E-state index is 0.0397. The van der Waals surface area contributed by atoms with Gasteiger partial charge in [-0.15, -0.1) is 0 Å². The second-order valence-corrected chi connectivity index (χ2v) is 6.25. The molecule has 0 radical (unpaired) electrons. The fourth-order valence-electron chi connectivity index (χ4n) is 2.30. The molecule has 0 amide bonds. The van der Waals surface area contributed by atoms with Gasteiger partial charge in [0.1, 0.15) is 0 Å². The second-order valence-electron chi connectivity index (χ2n) is 5.03. The van der Waals surface area contributed by atoms with Gasteiger partial charge in [-0.05, 0) is 48.7 Å². The molecule has 1 nitrogen and oxygen atoms in total. The van der Waals surface area contributed by atoms with Gasteiger partial charge in [-0.25, -0.2) is 0 Å². The van der Waals surface area contributed by atoms with Gasteiger partial charge in [-0.1, -0.05) is 66.0 Å². The summed E-state index contributed by atoms with van der Waals surface area (Å²) in [7, 11) is 0. The first kappa shape index (κ1) is 16.6. The molecule has 0 aromatic heterocycles. The summed E-state index contributed by atoms with van der Waals surface area (Å²) in [4.78, 5) is 0. The van der Waals surface area contributed by atoms with E-state index in [0.717, 1.165) is 34.7 Å². The van der Waals surface area contributed by atoms with E-state index in [2.05, 4.69) is 12.2 Å². The smallest absolute Gasteiger partial charge is 0.0606 e. The topological polar surface area (TPSA) is 12.0 Å². The molecule has 0 aliphatic heterocycles. The van der Waals surface area contributed by atoms with E-state index in [1.807, 2.05) is 37.3 Å². The van der Waals surface area contributed by atoms with Gasteiger partial charge in [0.25, 0.3) is 0 Å². The Morgan fingerprint density at radius 2 is 1.81 bits per heavy atom. The molecule has 112 valence electrons. The Hall–Kier alpha value is -0.730. The standard InChI is InChI=1S/C17H18Cl3N/c1-3-9-21-17(13-8-7-12(18)10-15(13)19)14-6-4-5-11(2)16(14)20/h4-8,10,17,21H,3,9H2,1-2H3. The monoisotopic (exact) mass is 341 g/mol. The molecule has 0 aliphatic carbocycles. The number of halogens is 3. The summed E-state index contributed by atoms with van der Waals surface area (Å²) in [6, 6.07) is 11.6. The SMILES string of the molecule is CCCNC(c1ccc(Cl)cc1Cl)c1cccc(C)c1Cl. The summed E-state index contributed by atoms with van der Waals surface area (Å²) in [5, 5.41) is 5.57. The highest BCUT2D eigenvalue weighted by atomic mass is 35.5. The van der Waals surface area contributed by atoms with Crippen molar-refractivity contribution in [2.24, 2.45) is 0 Å². The molecule has 2 rings (SSSR count). The van der Waals surface area contributed by atoms with E-state index < -0.39 is 0 Å². The van der Waals surface area contributed by atoms with Crippen LogP contribution in [0.25, 0.3) is 0 Å². The molecule has 0 fully saturated rings. The highest BCUT2D eigenvalue weighted by molar-refractivity contribution is 6.35. The van der Waals surface area contributed by atoms with Crippen molar-refractivity contribution < 1.29 is 0 Å². The van der Waals surface area contributed by atoms with Crippen molar-refractivity contribution in [3.63, 3.8) is 0 Å². The summed E-state index contributed by atoms with van der Waals surface area (Å²) in [5.74, 6) is 0. The third kappa shape index (κ3) is 3.92. The minimum Gasteiger partial charge on any atom is -0.306 e. The number of benzene rings is 2. The Balaban J connectivity index is 2.49. The Morgan fingerprint density at radius 3 is 2.48 bits per heavy atom. The van der Waals surface area contributed by atoms with Crippen LogP contribution in [0.15, 0.2) is 36.4 Å². The zero-order chi connectivity index (χ0) is 15.4. The van der Waals surface area contributed by atoms with Crippen molar-refractivity contribution in [3.8, 4) is 0 Å². The van der Waals surface area contributed by atoms with Gasteiger partial charge in [-0.2, -0.15) is 0 Å². The van der Waals surface area contributed by atoms with Gasteiger partial charge >= 0.3 is 0 Å². The molecule has 21 heavy (non-hydrogen) atoms. The minimum atomic E-state index is -0.0397. The van der Waals surface area contributed by atoms with E-state index in [1.165, 1.54) is 0 Å². The third-order valence-corrected chi connectivity index (χ3v) is 4.48. The molecule has 0 bridgehead atoms.